The molecule has 29 heavy (non-hydrogen) atoms. The Hall–Kier alpha value is -2.25. The molecule has 1 atom stereocenters. The molecular formula is C22H32N4O3. The third-order valence-electron chi connectivity index (χ3n) is 5.82. The number of aliphatic hydroxyl groups is 1. The number of methoxy groups -OCH3 is 1. The van der Waals surface area contributed by atoms with Crippen LogP contribution in [0.4, 0.5) is 0 Å². The second-order valence-electron chi connectivity index (χ2n) is 7.86. The highest BCUT2D eigenvalue weighted by atomic mass is 16.5. The third kappa shape index (κ3) is 4.67. The zero-order valence-electron chi connectivity index (χ0n) is 17.9. The van der Waals surface area contributed by atoms with Gasteiger partial charge in [0, 0.05) is 62.4 Å². The van der Waals surface area contributed by atoms with Gasteiger partial charge in [0.2, 0.25) is 0 Å². The molecular weight excluding hydrogens is 368 g/mol. The van der Waals surface area contributed by atoms with E-state index in [1.165, 1.54) is 0 Å². The van der Waals surface area contributed by atoms with Gasteiger partial charge in [-0.1, -0.05) is 0 Å². The van der Waals surface area contributed by atoms with Crippen LogP contribution in [-0.4, -0.2) is 57.3 Å². The summed E-state index contributed by atoms with van der Waals surface area (Å²) in [6.07, 6.45) is 4.51. The first-order valence-electron chi connectivity index (χ1n) is 10.3. The molecule has 1 fully saturated rings. The molecule has 3 rings (SSSR count). The van der Waals surface area contributed by atoms with Gasteiger partial charge in [0.05, 0.1) is 17.9 Å². The fourth-order valence-corrected chi connectivity index (χ4v) is 4.27. The van der Waals surface area contributed by atoms with Crippen LogP contribution < -0.4 is 0 Å². The van der Waals surface area contributed by atoms with Gasteiger partial charge in [-0.3, -0.25) is 4.79 Å². The van der Waals surface area contributed by atoms with Crippen LogP contribution in [0.3, 0.4) is 0 Å². The van der Waals surface area contributed by atoms with Crippen molar-refractivity contribution < 1.29 is 14.6 Å². The van der Waals surface area contributed by atoms with Gasteiger partial charge < -0.3 is 19.3 Å². The van der Waals surface area contributed by atoms with E-state index in [2.05, 4.69) is 14.5 Å². The van der Waals surface area contributed by atoms with Crippen molar-refractivity contribution in [2.45, 2.75) is 59.1 Å². The number of ether oxygens (including phenoxy) is 1. The number of amides is 1. The number of piperidine rings is 1. The normalized spacial score (nSPS) is 17.0. The van der Waals surface area contributed by atoms with Crippen LogP contribution >= 0.6 is 0 Å². The molecule has 0 radical (unpaired) electrons. The molecule has 1 saturated heterocycles. The molecule has 1 amide bonds. The Morgan fingerprint density at radius 1 is 1.34 bits per heavy atom. The van der Waals surface area contributed by atoms with Crippen molar-refractivity contribution in [1.29, 1.82) is 0 Å². The highest BCUT2D eigenvalue weighted by Crippen LogP contribution is 2.29. The standard InChI is InChI=1S/C22H32N4O3/c1-15-11-20(16(2)26(15)9-6-10-29-4)22(28)25-8-5-7-18(13-25)21-19(14-27)12-23-17(3)24-21/h11-12,18,27H,5-10,13-14H2,1-4H3/t18-/m0/s1. The average Bonchev–Trinajstić information content (AvgIpc) is 3.01. The topological polar surface area (TPSA) is 80.5 Å². The number of likely N-dealkylation sites (tertiary alicyclic amines) is 1. The zero-order chi connectivity index (χ0) is 21.0. The lowest BCUT2D eigenvalue weighted by molar-refractivity contribution is 0.0704. The van der Waals surface area contributed by atoms with E-state index in [0.717, 1.165) is 60.6 Å². The van der Waals surface area contributed by atoms with Gasteiger partial charge in [0.15, 0.2) is 0 Å². The maximum atomic E-state index is 13.3. The van der Waals surface area contributed by atoms with E-state index in [9.17, 15) is 9.90 Å². The summed E-state index contributed by atoms with van der Waals surface area (Å²) < 4.78 is 7.36. The molecule has 0 spiro atoms. The number of aryl methyl sites for hydroxylation is 2. The van der Waals surface area contributed by atoms with Gasteiger partial charge >= 0.3 is 0 Å². The fourth-order valence-electron chi connectivity index (χ4n) is 4.27. The number of nitrogens with zero attached hydrogens (tertiary/aromatic N) is 4. The maximum Gasteiger partial charge on any atom is 0.255 e. The van der Waals surface area contributed by atoms with Crippen molar-refractivity contribution in [1.82, 2.24) is 19.4 Å². The largest absolute Gasteiger partial charge is 0.392 e. The van der Waals surface area contributed by atoms with Crippen LogP contribution in [-0.2, 0) is 17.9 Å². The summed E-state index contributed by atoms with van der Waals surface area (Å²) >= 11 is 0. The van der Waals surface area contributed by atoms with E-state index in [-0.39, 0.29) is 18.4 Å². The first kappa shape index (κ1) is 21.5. The van der Waals surface area contributed by atoms with Crippen LogP contribution in [0.15, 0.2) is 12.3 Å². The predicted octanol–water partition coefficient (Wildman–Crippen LogP) is 2.75. The monoisotopic (exact) mass is 400 g/mol. The average molecular weight is 401 g/mol. The van der Waals surface area contributed by atoms with Crippen LogP contribution in [0, 0.1) is 20.8 Å². The second kappa shape index (κ2) is 9.50. The quantitative estimate of drug-likeness (QED) is 0.723. The molecule has 7 nitrogen and oxygen atoms in total. The molecule has 0 saturated carbocycles. The molecule has 3 heterocycles. The van der Waals surface area contributed by atoms with E-state index in [1.54, 1.807) is 13.3 Å². The Kier molecular flexibility index (Phi) is 7.03. The minimum atomic E-state index is -0.0807. The van der Waals surface area contributed by atoms with Crippen LogP contribution in [0.25, 0.3) is 0 Å². The van der Waals surface area contributed by atoms with Crippen molar-refractivity contribution in [2.24, 2.45) is 0 Å². The van der Waals surface area contributed by atoms with Gasteiger partial charge in [0.25, 0.3) is 5.91 Å². The van der Waals surface area contributed by atoms with E-state index in [4.69, 9.17) is 4.74 Å². The first-order chi connectivity index (χ1) is 14.0. The Morgan fingerprint density at radius 2 is 2.14 bits per heavy atom. The number of carbonyl (C=O) groups excluding carboxylic acids is 1. The summed E-state index contributed by atoms with van der Waals surface area (Å²) in [5, 5.41) is 9.68. The number of carbonyl (C=O) groups is 1. The minimum absolute atomic E-state index is 0.0807. The summed E-state index contributed by atoms with van der Waals surface area (Å²) in [7, 11) is 1.71. The molecule has 0 unspecified atom stereocenters. The Labute approximate surface area is 172 Å². The van der Waals surface area contributed by atoms with Gasteiger partial charge in [-0.2, -0.15) is 0 Å². The summed E-state index contributed by atoms with van der Waals surface area (Å²) in [4.78, 5) is 24.0. The Morgan fingerprint density at radius 3 is 2.86 bits per heavy atom. The molecule has 0 aliphatic carbocycles. The Bertz CT molecular complexity index is 862. The molecule has 7 heteroatoms. The SMILES string of the molecule is COCCCn1c(C)cc(C(=O)N2CCC[C@H](c3nc(C)ncc3CO)C2)c1C. The fraction of sp³-hybridized carbons (Fsp3) is 0.591. The highest BCUT2D eigenvalue weighted by molar-refractivity contribution is 5.95. The molecule has 158 valence electrons. The first-order valence-corrected chi connectivity index (χ1v) is 10.3. The van der Waals surface area contributed by atoms with Crippen molar-refractivity contribution in [2.75, 3.05) is 26.8 Å². The predicted molar refractivity (Wildman–Crippen MR) is 111 cm³/mol. The minimum Gasteiger partial charge on any atom is -0.392 e. The molecule has 0 bridgehead atoms. The maximum absolute atomic E-state index is 13.3. The van der Waals surface area contributed by atoms with Gasteiger partial charge in [-0.25, -0.2) is 9.97 Å². The zero-order valence-corrected chi connectivity index (χ0v) is 17.9. The second-order valence-corrected chi connectivity index (χ2v) is 7.86. The molecule has 2 aromatic heterocycles. The molecule has 2 aromatic rings. The molecule has 1 aliphatic rings. The number of hydrogen-bond acceptors (Lipinski definition) is 5. The van der Waals surface area contributed by atoms with Crippen molar-refractivity contribution in [3.8, 4) is 0 Å². The summed E-state index contributed by atoms with van der Waals surface area (Å²) in [6.45, 7) is 8.77. The Balaban J connectivity index is 1.78. The van der Waals surface area contributed by atoms with E-state index < -0.39 is 0 Å². The van der Waals surface area contributed by atoms with Crippen LogP contribution in [0.1, 0.15) is 64.0 Å². The lowest BCUT2D eigenvalue weighted by Gasteiger charge is -2.33. The summed E-state index contributed by atoms with van der Waals surface area (Å²) in [5.41, 5.74) is 4.53. The number of aromatic nitrogens is 3. The number of rotatable bonds is 7. The van der Waals surface area contributed by atoms with Crippen molar-refractivity contribution in [3.63, 3.8) is 0 Å². The van der Waals surface area contributed by atoms with E-state index in [1.807, 2.05) is 31.7 Å². The van der Waals surface area contributed by atoms with E-state index in [0.29, 0.717) is 19.0 Å². The van der Waals surface area contributed by atoms with E-state index >= 15 is 0 Å². The highest BCUT2D eigenvalue weighted by Gasteiger charge is 2.29. The molecule has 1 aliphatic heterocycles. The summed E-state index contributed by atoms with van der Waals surface area (Å²) in [6, 6.07) is 2.00. The third-order valence-corrected chi connectivity index (χ3v) is 5.82. The van der Waals surface area contributed by atoms with Crippen LogP contribution in [0.2, 0.25) is 0 Å². The van der Waals surface area contributed by atoms with Crippen molar-refractivity contribution in [3.05, 3.63) is 46.3 Å². The summed E-state index contributed by atoms with van der Waals surface area (Å²) in [5.74, 6) is 0.902. The van der Waals surface area contributed by atoms with Crippen LogP contribution in [0.5, 0.6) is 0 Å². The lowest BCUT2D eigenvalue weighted by Crippen LogP contribution is -2.39. The molecule has 1 N–H and O–H groups in total. The smallest absolute Gasteiger partial charge is 0.255 e. The number of hydrogen-bond donors (Lipinski definition) is 1. The van der Waals surface area contributed by atoms with Gasteiger partial charge in [-0.05, 0) is 46.1 Å². The molecule has 0 aromatic carbocycles. The number of aliphatic hydroxyl groups excluding tert-OH is 1. The van der Waals surface area contributed by atoms with Gasteiger partial charge in [-0.15, -0.1) is 0 Å². The lowest BCUT2D eigenvalue weighted by atomic mass is 9.91. The van der Waals surface area contributed by atoms with Crippen molar-refractivity contribution >= 4 is 5.91 Å². The van der Waals surface area contributed by atoms with Gasteiger partial charge in [0.1, 0.15) is 5.82 Å².